The number of nitrogens with zero attached hydrogens (tertiary/aromatic N) is 3. The van der Waals surface area contributed by atoms with Crippen LogP contribution in [0, 0.1) is 6.92 Å². The van der Waals surface area contributed by atoms with E-state index in [2.05, 4.69) is 72.2 Å². The minimum atomic E-state index is 0.842. The molecule has 0 saturated heterocycles. The number of imidazole rings is 1. The predicted octanol–water partition coefficient (Wildman–Crippen LogP) is 5.53. The molecule has 0 aliphatic heterocycles. The van der Waals surface area contributed by atoms with Crippen LogP contribution in [-0.2, 0) is 6.42 Å². The maximum Gasteiger partial charge on any atom is 0.111 e. The van der Waals surface area contributed by atoms with Crippen molar-refractivity contribution in [1.82, 2.24) is 14.5 Å². The Morgan fingerprint density at radius 1 is 0.846 bits per heavy atom. The van der Waals surface area contributed by atoms with Crippen molar-refractivity contribution in [3.05, 3.63) is 89.2 Å². The highest BCUT2D eigenvalue weighted by molar-refractivity contribution is 7.18. The normalized spacial score (nSPS) is 11.4. The minimum absolute atomic E-state index is 0.842. The summed E-state index contributed by atoms with van der Waals surface area (Å²) in [6, 6.07) is 25.2. The van der Waals surface area contributed by atoms with Gasteiger partial charge in [0.15, 0.2) is 0 Å². The molecule has 5 rings (SSSR count). The predicted molar refractivity (Wildman–Crippen MR) is 108 cm³/mol. The Hall–Kier alpha value is -2.98. The van der Waals surface area contributed by atoms with Crippen LogP contribution < -0.4 is 0 Å². The molecule has 5 aromatic rings. The van der Waals surface area contributed by atoms with E-state index in [0.717, 1.165) is 39.5 Å². The Balaban J connectivity index is 1.59. The Bertz CT molecular complexity index is 1190. The van der Waals surface area contributed by atoms with Crippen molar-refractivity contribution >= 4 is 32.6 Å². The van der Waals surface area contributed by atoms with E-state index in [1.807, 2.05) is 12.1 Å². The summed E-state index contributed by atoms with van der Waals surface area (Å²) in [6.45, 7) is 2.06. The third-order valence-corrected chi connectivity index (χ3v) is 5.63. The third-order valence-electron chi connectivity index (χ3n) is 4.59. The molecule has 0 radical (unpaired) electrons. The highest BCUT2D eigenvalue weighted by Gasteiger charge is 2.11. The first-order chi connectivity index (χ1) is 12.8. The summed E-state index contributed by atoms with van der Waals surface area (Å²) in [5, 5.41) is 1.15. The number of thiazole rings is 1. The van der Waals surface area contributed by atoms with Gasteiger partial charge in [-0.3, -0.25) is 4.57 Å². The number of fused-ring (bicyclic) bond motifs is 2. The molecule has 2 aromatic heterocycles. The summed E-state index contributed by atoms with van der Waals surface area (Å²) < 4.78 is 3.46. The summed E-state index contributed by atoms with van der Waals surface area (Å²) >= 11 is 1.77. The van der Waals surface area contributed by atoms with Crippen molar-refractivity contribution in [1.29, 1.82) is 0 Å². The van der Waals surface area contributed by atoms with E-state index >= 15 is 0 Å². The van der Waals surface area contributed by atoms with Crippen LogP contribution in [0.1, 0.15) is 16.4 Å². The van der Waals surface area contributed by atoms with Gasteiger partial charge in [-0.15, -0.1) is 11.3 Å². The second-order valence-electron chi connectivity index (χ2n) is 6.41. The van der Waals surface area contributed by atoms with Gasteiger partial charge in [0.05, 0.1) is 26.3 Å². The second kappa shape index (κ2) is 6.07. The van der Waals surface area contributed by atoms with Gasteiger partial charge in [-0.25, -0.2) is 9.97 Å². The molecule has 26 heavy (non-hydrogen) atoms. The Morgan fingerprint density at radius 2 is 1.65 bits per heavy atom. The molecule has 0 spiro atoms. The van der Waals surface area contributed by atoms with E-state index in [1.165, 1.54) is 10.3 Å². The molecule has 0 unspecified atom stereocenters. The van der Waals surface area contributed by atoms with E-state index in [-0.39, 0.29) is 0 Å². The maximum absolute atomic E-state index is 4.77. The van der Waals surface area contributed by atoms with Crippen LogP contribution >= 0.6 is 11.3 Å². The van der Waals surface area contributed by atoms with Crippen molar-refractivity contribution in [2.45, 2.75) is 13.3 Å². The van der Waals surface area contributed by atoms with Gasteiger partial charge in [-0.05, 0) is 48.9 Å². The lowest BCUT2D eigenvalue weighted by atomic mass is 10.1. The molecule has 0 saturated carbocycles. The van der Waals surface area contributed by atoms with Crippen molar-refractivity contribution in [3.63, 3.8) is 0 Å². The van der Waals surface area contributed by atoms with Crippen LogP contribution in [0.4, 0.5) is 0 Å². The molecule has 3 aromatic carbocycles. The molecule has 0 atom stereocenters. The lowest BCUT2D eigenvalue weighted by Crippen LogP contribution is -1.97. The Kier molecular flexibility index (Phi) is 3.57. The average molecular weight is 355 g/mol. The molecule has 126 valence electrons. The third kappa shape index (κ3) is 2.59. The van der Waals surface area contributed by atoms with Gasteiger partial charge in [-0.2, -0.15) is 0 Å². The quantitative estimate of drug-likeness (QED) is 0.426. The number of benzene rings is 3. The highest BCUT2D eigenvalue weighted by Crippen LogP contribution is 2.26. The zero-order valence-corrected chi connectivity index (χ0v) is 15.2. The van der Waals surface area contributed by atoms with Crippen LogP contribution in [0.5, 0.6) is 0 Å². The fraction of sp³-hybridized carbons (Fsp3) is 0.0909. The number of aromatic nitrogens is 3. The minimum Gasteiger partial charge on any atom is -0.297 e. The van der Waals surface area contributed by atoms with Gasteiger partial charge in [0.25, 0.3) is 0 Å². The van der Waals surface area contributed by atoms with Crippen LogP contribution in [0.25, 0.3) is 26.9 Å². The molecule has 2 heterocycles. The highest BCUT2D eigenvalue weighted by atomic mass is 32.1. The molecule has 3 nitrogen and oxygen atoms in total. The topological polar surface area (TPSA) is 30.7 Å². The second-order valence-corrected chi connectivity index (χ2v) is 7.52. The lowest BCUT2D eigenvalue weighted by Gasteiger charge is -2.07. The first-order valence-electron chi connectivity index (χ1n) is 8.66. The first-order valence-corrected chi connectivity index (χ1v) is 9.47. The number of para-hydroxylation sites is 2. The van der Waals surface area contributed by atoms with Crippen molar-refractivity contribution in [2.24, 2.45) is 0 Å². The van der Waals surface area contributed by atoms with Crippen LogP contribution in [0.3, 0.4) is 0 Å². The van der Waals surface area contributed by atoms with Crippen LogP contribution in [0.15, 0.2) is 72.8 Å². The number of hydrogen-bond donors (Lipinski definition) is 0. The molecule has 0 amide bonds. The SMILES string of the molecule is Cc1nc2ccc(Cc3nc4ccccc4s3)cc2n1-c1ccccc1. The number of rotatable bonds is 3. The van der Waals surface area contributed by atoms with Gasteiger partial charge in [0.1, 0.15) is 5.82 Å². The van der Waals surface area contributed by atoms with Gasteiger partial charge in [0.2, 0.25) is 0 Å². The van der Waals surface area contributed by atoms with E-state index in [9.17, 15) is 0 Å². The van der Waals surface area contributed by atoms with Crippen molar-refractivity contribution in [2.75, 3.05) is 0 Å². The smallest absolute Gasteiger partial charge is 0.111 e. The van der Waals surface area contributed by atoms with Crippen molar-refractivity contribution < 1.29 is 0 Å². The van der Waals surface area contributed by atoms with E-state index in [4.69, 9.17) is 9.97 Å². The fourth-order valence-electron chi connectivity index (χ4n) is 3.42. The maximum atomic E-state index is 4.77. The number of hydrogen-bond acceptors (Lipinski definition) is 3. The zero-order valence-electron chi connectivity index (χ0n) is 14.4. The fourth-order valence-corrected chi connectivity index (χ4v) is 4.43. The molecule has 0 aliphatic carbocycles. The summed E-state index contributed by atoms with van der Waals surface area (Å²) in [6.07, 6.45) is 0.842. The van der Waals surface area contributed by atoms with Gasteiger partial charge in [0, 0.05) is 12.1 Å². The summed E-state index contributed by atoms with van der Waals surface area (Å²) in [4.78, 5) is 9.49. The van der Waals surface area contributed by atoms with Crippen molar-refractivity contribution in [3.8, 4) is 5.69 Å². The Labute approximate surface area is 155 Å². The number of aryl methyl sites for hydroxylation is 1. The largest absolute Gasteiger partial charge is 0.297 e. The molecule has 0 N–H and O–H groups in total. The van der Waals surface area contributed by atoms with Crippen LogP contribution in [0.2, 0.25) is 0 Å². The summed E-state index contributed by atoms with van der Waals surface area (Å²) in [5.74, 6) is 1.00. The molecule has 4 heteroatoms. The lowest BCUT2D eigenvalue weighted by molar-refractivity contribution is 1.000. The average Bonchev–Trinajstić information content (AvgIpc) is 3.21. The van der Waals surface area contributed by atoms with Gasteiger partial charge in [-0.1, -0.05) is 36.4 Å². The Morgan fingerprint density at radius 3 is 2.50 bits per heavy atom. The summed E-state index contributed by atoms with van der Waals surface area (Å²) in [7, 11) is 0. The van der Waals surface area contributed by atoms with Gasteiger partial charge < -0.3 is 0 Å². The van der Waals surface area contributed by atoms with Crippen LogP contribution in [-0.4, -0.2) is 14.5 Å². The standard InChI is InChI=1S/C22H17N3S/c1-15-23-18-12-11-16(13-20(18)25(15)17-7-3-2-4-8-17)14-22-24-19-9-5-6-10-21(19)26-22/h2-13H,14H2,1H3. The first kappa shape index (κ1) is 15.3. The molecule has 0 aliphatic rings. The molecular weight excluding hydrogens is 338 g/mol. The van der Waals surface area contributed by atoms with E-state index in [1.54, 1.807) is 11.3 Å². The van der Waals surface area contributed by atoms with E-state index < -0.39 is 0 Å². The summed E-state index contributed by atoms with van der Waals surface area (Å²) in [5.41, 5.74) is 5.66. The monoisotopic (exact) mass is 355 g/mol. The zero-order chi connectivity index (χ0) is 17.5. The van der Waals surface area contributed by atoms with E-state index in [0.29, 0.717) is 0 Å². The molecule has 0 fully saturated rings. The molecular formula is C22H17N3S. The molecule has 0 bridgehead atoms. The van der Waals surface area contributed by atoms with Gasteiger partial charge >= 0.3 is 0 Å².